The molecule has 0 aliphatic carbocycles. The predicted octanol–water partition coefficient (Wildman–Crippen LogP) is 4.22. The molecule has 1 heterocycles. The van der Waals surface area contributed by atoms with Crippen molar-refractivity contribution in [3.8, 4) is 0 Å². The Labute approximate surface area is 134 Å². The largest absolute Gasteiger partial charge is 0.376 e. The van der Waals surface area contributed by atoms with Gasteiger partial charge in [-0.15, -0.1) is 0 Å². The number of hydrogen-bond donors (Lipinski definition) is 1. The van der Waals surface area contributed by atoms with E-state index >= 15 is 0 Å². The Morgan fingerprint density at radius 3 is 2.38 bits per heavy atom. The number of likely N-dealkylation sites (N-methyl/N-ethyl adjacent to an activating group) is 1. The van der Waals surface area contributed by atoms with Crippen molar-refractivity contribution in [1.82, 2.24) is 15.1 Å². The molecule has 4 nitrogen and oxygen atoms in total. The van der Waals surface area contributed by atoms with Crippen LogP contribution in [0.5, 0.6) is 0 Å². The molecule has 0 saturated carbocycles. The van der Waals surface area contributed by atoms with Gasteiger partial charge in [0.25, 0.3) is 0 Å². The highest BCUT2D eigenvalue weighted by molar-refractivity contribution is 6.31. The number of nitrogens with zero attached hydrogens (tertiary/aromatic N) is 2. The highest BCUT2D eigenvalue weighted by Gasteiger charge is 2.36. The van der Waals surface area contributed by atoms with Crippen molar-refractivity contribution < 1.29 is 4.74 Å². The van der Waals surface area contributed by atoms with Gasteiger partial charge in [0.15, 0.2) is 0 Å². The van der Waals surface area contributed by atoms with E-state index in [4.69, 9.17) is 16.3 Å². The maximum atomic E-state index is 6.43. The van der Waals surface area contributed by atoms with E-state index in [1.807, 2.05) is 11.6 Å². The zero-order valence-corrected chi connectivity index (χ0v) is 15.2. The van der Waals surface area contributed by atoms with Crippen molar-refractivity contribution in [3.63, 3.8) is 0 Å². The average Bonchev–Trinajstić information content (AvgIpc) is 2.74. The van der Waals surface area contributed by atoms with Gasteiger partial charge in [-0.2, -0.15) is 5.10 Å². The fourth-order valence-corrected chi connectivity index (χ4v) is 2.89. The Morgan fingerprint density at radius 1 is 1.33 bits per heavy atom. The maximum absolute atomic E-state index is 6.43. The molecule has 0 spiro atoms. The molecule has 0 aliphatic heterocycles. The van der Waals surface area contributed by atoms with Crippen LogP contribution in [0.4, 0.5) is 0 Å². The lowest BCUT2D eigenvalue weighted by molar-refractivity contribution is -0.0382. The minimum absolute atomic E-state index is 0.00173. The number of halogens is 1. The average molecular weight is 316 g/mol. The van der Waals surface area contributed by atoms with Crippen molar-refractivity contribution in [1.29, 1.82) is 0 Å². The van der Waals surface area contributed by atoms with Crippen molar-refractivity contribution >= 4 is 11.6 Å². The van der Waals surface area contributed by atoms with Gasteiger partial charge in [0.1, 0.15) is 0 Å². The van der Waals surface area contributed by atoms with E-state index in [1.165, 1.54) is 0 Å². The number of aromatic nitrogens is 2. The first-order valence-electron chi connectivity index (χ1n) is 7.81. The third-order valence-electron chi connectivity index (χ3n) is 3.50. The van der Waals surface area contributed by atoms with Crippen LogP contribution in [-0.2, 0) is 4.74 Å². The molecule has 1 rings (SSSR count). The van der Waals surface area contributed by atoms with Crippen LogP contribution in [0.25, 0.3) is 0 Å². The van der Waals surface area contributed by atoms with Gasteiger partial charge in [-0.05, 0) is 32.7 Å². The molecule has 0 aromatic carbocycles. The van der Waals surface area contributed by atoms with Crippen LogP contribution < -0.4 is 5.32 Å². The van der Waals surface area contributed by atoms with E-state index in [0.717, 1.165) is 12.2 Å². The normalized spacial score (nSPS) is 15.5. The minimum Gasteiger partial charge on any atom is -0.376 e. The molecule has 122 valence electrons. The molecule has 2 unspecified atom stereocenters. The molecule has 1 aromatic rings. The molecule has 0 amide bonds. The highest BCUT2D eigenvalue weighted by Crippen LogP contribution is 2.36. The van der Waals surface area contributed by atoms with Crippen molar-refractivity contribution in [3.05, 3.63) is 16.9 Å². The van der Waals surface area contributed by atoms with Gasteiger partial charge < -0.3 is 10.1 Å². The number of ether oxygens (including phenoxy) is 1. The summed E-state index contributed by atoms with van der Waals surface area (Å²) in [7, 11) is 0. The summed E-state index contributed by atoms with van der Waals surface area (Å²) in [5.74, 6) is 0. The second-order valence-electron chi connectivity index (χ2n) is 6.69. The monoisotopic (exact) mass is 315 g/mol. The Hall–Kier alpha value is -0.580. The summed E-state index contributed by atoms with van der Waals surface area (Å²) < 4.78 is 8.07. The van der Waals surface area contributed by atoms with Crippen LogP contribution in [0.1, 0.15) is 66.2 Å². The van der Waals surface area contributed by atoms with E-state index in [-0.39, 0.29) is 23.6 Å². The molecule has 1 aromatic heterocycles. The summed E-state index contributed by atoms with van der Waals surface area (Å²) in [6, 6.07) is 0.281. The molecule has 2 atom stereocenters. The summed E-state index contributed by atoms with van der Waals surface area (Å²) in [5.41, 5.74) is 1.01. The Bertz CT molecular complexity index is 437. The molecule has 0 fully saturated rings. The first kappa shape index (κ1) is 18.5. The first-order chi connectivity index (χ1) is 9.73. The van der Waals surface area contributed by atoms with Gasteiger partial charge in [0, 0.05) is 12.6 Å². The van der Waals surface area contributed by atoms with E-state index in [0.29, 0.717) is 11.6 Å². The lowest BCUT2D eigenvalue weighted by Gasteiger charge is -2.37. The van der Waals surface area contributed by atoms with Crippen molar-refractivity contribution in [2.75, 3.05) is 13.2 Å². The number of rotatable bonds is 7. The lowest BCUT2D eigenvalue weighted by Crippen LogP contribution is -2.43. The second-order valence-corrected chi connectivity index (χ2v) is 7.10. The van der Waals surface area contributed by atoms with E-state index in [1.54, 1.807) is 6.20 Å². The second kappa shape index (κ2) is 7.61. The summed E-state index contributed by atoms with van der Waals surface area (Å²) in [6.45, 7) is 16.5. The highest BCUT2D eigenvalue weighted by atomic mass is 35.5. The van der Waals surface area contributed by atoms with Crippen molar-refractivity contribution in [2.45, 2.75) is 66.7 Å². The van der Waals surface area contributed by atoms with Crippen LogP contribution >= 0.6 is 11.6 Å². The molecular formula is C16H30ClN3O. The predicted molar refractivity (Wildman–Crippen MR) is 88.9 cm³/mol. The SMILES string of the molecule is CCNC(c1c(Cl)cnn1C(C)C)C(OCC)C(C)(C)C. The maximum Gasteiger partial charge on any atom is 0.0835 e. The topological polar surface area (TPSA) is 39.1 Å². The Balaban J connectivity index is 3.30. The molecule has 0 saturated heterocycles. The summed E-state index contributed by atoms with van der Waals surface area (Å²) in [5, 5.41) is 8.67. The number of hydrogen-bond acceptors (Lipinski definition) is 3. The molecule has 5 heteroatoms. The Morgan fingerprint density at radius 2 is 1.95 bits per heavy atom. The molecule has 1 N–H and O–H groups in total. The summed E-state index contributed by atoms with van der Waals surface area (Å²) >= 11 is 6.43. The van der Waals surface area contributed by atoms with Crippen molar-refractivity contribution in [2.24, 2.45) is 5.41 Å². The molecule has 0 bridgehead atoms. The van der Waals surface area contributed by atoms with Gasteiger partial charge in [0.2, 0.25) is 0 Å². The van der Waals surface area contributed by atoms with Gasteiger partial charge in [-0.1, -0.05) is 39.3 Å². The van der Waals surface area contributed by atoms with Crippen LogP contribution in [0.2, 0.25) is 5.02 Å². The summed E-state index contributed by atoms with van der Waals surface area (Å²) in [6.07, 6.45) is 1.75. The van der Waals surface area contributed by atoms with Gasteiger partial charge >= 0.3 is 0 Å². The zero-order chi connectivity index (χ0) is 16.2. The lowest BCUT2D eigenvalue weighted by atomic mass is 9.83. The first-order valence-corrected chi connectivity index (χ1v) is 8.19. The van der Waals surface area contributed by atoms with Gasteiger partial charge in [-0.3, -0.25) is 4.68 Å². The number of nitrogens with one attached hydrogen (secondary N) is 1. The van der Waals surface area contributed by atoms with E-state index in [2.05, 4.69) is 52.0 Å². The fourth-order valence-electron chi connectivity index (χ4n) is 2.65. The van der Waals surface area contributed by atoms with E-state index in [9.17, 15) is 0 Å². The standard InChI is InChI=1S/C16H30ClN3O/c1-8-18-13(15(21-9-2)16(5,6)7)14-12(17)10-19-20(14)11(3)4/h10-11,13,15,18H,8-9H2,1-7H3. The van der Waals surface area contributed by atoms with Crippen LogP contribution in [0, 0.1) is 5.41 Å². The van der Waals surface area contributed by atoms with Crippen LogP contribution in [-0.4, -0.2) is 29.0 Å². The zero-order valence-electron chi connectivity index (χ0n) is 14.4. The van der Waals surface area contributed by atoms with Gasteiger partial charge in [-0.25, -0.2) is 0 Å². The van der Waals surface area contributed by atoms with Crippen LogP contribution in [0.3, 0.4) is 0 Å². The Kier molecular flexibility index (Phi) is 6.70. The fraction of sp³-hybridized carbons (Fsp3) is 0.812. The quantitative estimate of drug-likeness (QED) is 0.819. The third kappa shape index (κ3) is 4.44. The third-order valence-corrected chi connectivity index (χ3v) is 3.79. The summed E-state index contributed by atoms with van der Waals surface area (Å²) in [4.78, 5) is 0. The molecule has 21 heavy (non-hydrogen) atoms. The smallest absolute Gasteiger partial charge is 0.0835 e. The molecule has 0 aliphatic rings. The van der Waals surface area contributed by atoms with Gasteiger partial charge in [0.05, 0.1) is 29.1 Å². The van der Waals surface area contributed by atoms with Crippen LogP contribution in [0.15, 0.2) is 6.20 Å². The molecular weight excluding hydrogens is 286 g/mol. The minimum atomic E-state index is -0.00173. The van der Waals surface area contributed by atoms with E-state index < -0.39 is 0 Å². The molecule has 0 radical (unpaired) electrons.